The van der Waals surface area contributed by atoms with Gasteiger partial charge in [0.25, 0.3) is 0 Å². The molecule has 4 aliphatic heterocycles. The molecule has 1 saturated carbocycles. The third kappa shape index (κ3) is 2.46. The van der Waals surface area contributed by atoms with Gasteiger partial charge in [-0.25, -0.2) is 0 Å². The summed E-state index contributed by atoms with van der Waals surface area (Å²) in [6.07, 6.45) is 9.78. The van der Waals surface area contributed by atoms with Crippen molar-refractivity contribution in [3.63, 3.8) is 0 Å². The van der Waals surface area contributed by atoms with Crippen LogP contribution in [0.4, 0.5) is 0 Å². The van der Waals surface area contributed by atoms with E-state index in [1.54, 1.807) is 0 Å². The Morgan fingerprint density at radius 3 is 2.48 bits per heavy atom. The Balaban J connectivity index is 1.49. The minimum Gasteiger partial charge on any atom is -0.327 e. The van der Waals surface area contributed by atoms with Crippen molar-refractivity contribution in [2.75, 3.05) is 26.2 Å². The van der Waals surface area contributed by atoms with Crippen molar-refractivity contribution in [1.29, 1.82) is 0 Å². The van der Waals surface area contributed by atoms with Gasteiger partial charge in [-0.2, -0.15) is 0 Å². The van der Waals surface area contributed by atoms with Crippen LogP contribution in [0.5, 0.6) is 0 Å². The Labute approximate surface area is 130 Å². The summed E-state index contributed by atoms with van der Waals surface area (Å²) in [5, 5.41) is 0. The van der Waals surface area contributed by atoms with Gasteiger partial charge in [-0.3, -0.25) is 9.80 Å². The fourth-order valence-electron chi connectivity index (χ4n) is 6.11. The molecular formula is C18H33N3. The number of likely N-dealkylation sites (tertiary alicyclic amines) is 1. The van der Waals surface area contributed by atoms with E-state index in [-0.39, 0.29) is 0 Å². The van der Waals surface area contributed by atoms with Crippen molar-refractivity contribution < 1.29 is 0 Å². The largest absolute Gasteiger partial charge is 0.327 e. The molecule has 3 nitrogen and oxygen atoms in total. The molecule has 4 atom stereocenters. The van der Waals surface area contributed by atoms with E-state index >= 15 is 0 Å². The fourth-order valence-corrected chi connectivity index (χ4v) is 6.11. The monoisotopic (exact) mass is 291 g/mol. The molecule has 0 radical (unpaired) electrons. The first-order chi connectivity index (χ1) is 10.3. The van der Waals surface area contributed by atoms with Crippen molar-refractivity contribution in [2.45, 2.75) is 70.0 Å². The van der Waals surface area contributed by atoms with Crippen LogP contribution in [0.15, 0.2) is 0 Å². The molecule has 5 aliphatic rings. The molecule has 120 valence electrons. The lowest BCUT2D eigenvalue weighted by molar-refractivity contribution is 0.000703. The van der Waals surface area contributed by atoms with E-state index in [1.165, 1.54) is 71.1 Å². The van der Waals surface area contributed by atoms with E-state index in [0.29, 0.717) is 6.04 Å². The second-order valence-corrected chi connectivity index (χ2v) is 8.13. The second-order valence-electron chi connectivity index (χ2n) is 8.13. The van der Waals surface area contributed by atoms with E-state index in [0.717, 1.165) is 29.8 Å². The Kier molecular flexibility index (Phi) is 4.01. The summed E-state index contributed by atoms with van der Waals surface area (Å²) < 4.78 is 0. The second kappa shape index (κ2) is 5.82. The molecule has 4 unspecified atom stereocenters. The predicted octanol–water partition coefficient (Wildman–Crippen LogP) is 2.31. The van der Waals surface area contributed by atoms with Crippen LogP contribution in [-0.2, 0) is 0 Å². The Morgan fingerprint density at radius 1 is 1.10 bits per heavy atom. The first-order valence-corrected chi connectivity index (χ1v) is 9.51. The Bertz CT molecular complexity index is 357. The van der Waals surface area contributed by atoms with Crippen LogP contribution in [0, 0.1) is 17.8 Å². The van der Waals surface area contributed by atoms with Gasteiger partial charge in [0, 0.05) is 24.7 Å². The quantitative estimate of drug-likeness (QED) is 0.863. The van der Waals surface area contributed by atoms with Crippen LogP contribution in [0.3, 0.4) is 0 Å². The van der Waals surface area contributed by atoms with Crippen molar-refractivity contribution in [1.82, 2.24) is 9.80 Å². The van der Waals surface area contributed by atoms with Gasteiger partial charge in [0.2, 0.25) is 0 Å². The molecule has 5 fully saturated rings. The Morgan fingerprint density at radius 2 is 1.81 bits per heavy atom. The van der Waals surface area contributed by atoms with Crippen LogP contribution in [-0.4, -0.2) is 54.1 Å². The van der Waals surface area contributed by atoms with Crippen molar-refractivity contribution in [3.8, 4) is 0 Å². The van der Waals surface area contributed by atoms with Gasteiger partial charge in [-0.05, 0) is 69.5 Å². The van der Waals surface area contributed by atoms with E-state index in [4.69, 9.17) is 5.73 Å². The van der Waals surface area contributed by atoms with Gasteiger partial charge in [-0.1, -0.05) is 19.8 Å². The van der Waals surface area contributed by atoms with Crippen molar-refractivity contribution >= 4 is 0 Å². The number of nitrogens with two attached hydrogens (primary N) is 1. The molecule has 0 aromatic heterocycles. The summed E-state index contributed by atoms with van der Waals surface area (Å²) in [5.41, 5.74) is 6.65. The zero-order valence-electron chi connectivity index (χ0n) is 13.7. The molecule has 0 amide bonds. The molecule has 0 aromatic carbocycles. The number of hydrogen-bond acceptors (Lipinski definition) is 3. The van der Waals surface area contributed by atoms with Crippen molar-refractivity contribution in [2.24, 2.45) is 23.5 Å². The first-order valence-electron chi connectivity index (χ1n) is 9.51. The maximum Gasteiger partial charge on any atom is 0.0295 e. The summed E-state index contributed by atoms with van der Waals surface area (Å²) >= 11 is 0. The summed E-state index contributed by atoms with van der Waals surface area (Å²) in [6.45, 7) is 7.64. The van der Waals surface area contributed by atoms with Crippen LogP contribution in [0.1, 0.15) is 51.9 Å². The molecule has 0 spiro atoms. The van der Waals surface area contributed by atoms with E-state index in [1.807, 2.05) is 0 Å². The van der Waals surface area contributed by atoms with Gasteiger partial charge < -0.3 is 5.73 Å². The summed E-state index contributed by atoms with van der Waals surface area (Å²) in [4.78, 5) is 5.60. The highest BCUT2D eigenvalue weighted by atomic mass is 15.3. The molecule has 5 rings (SSSR count). The standard InChI is InChI=1S/C18H33N3/c1-2-20-12-15-13-7-9-21(10-8-13)18(15)17(20)11-16(19)14-5-3-4-6-14/h13-18H,2-12,19H2,1H3. The number of nitrogens with zero attached hydrogens (tertiary/aromatic N) is 2. The number of piperidine rings is 3. The normalized spacial score (nSPS) is 45.1. The predicted molar refractivity (Wildman–Crippen MR) is 87.2 cm³/mol. The molecule has 2 N–H and O–H groups in total. The highest BCUT2D eigenvalue weighted by Gasteiger charge is 2.52. The zero-order valence-corrected chi connectivity index (χ0v) is 13.7. The van der Waals surface area contributed by atoms with Crippen LogP contribution in [0.25, 0.3) is 0 Å². The minimum absolute atomic E-state index is 0.451. The lowest BCUT2D eigenvalue weighted by Crippen LogP contribution is -2.58. The number of fused-ring (bicyclic) bond motifs is 2. The average molecular weight is 291 g/mol. The smallest absolute Gasteiger partial charge is 0.0295 e. The van der Waals surface area contributed by atoms with Gasteiger partial charge in [0.15, 0.2) is 0 Å². The molecular weight excluding hydrogens is 258 g/mol. The molecule has 4 heterocycles. The highest BCUT2D eigenvalue weighted by molar-refractivity contribution is 5.07. The third-order valence-corrected chi connectivity index (χ3v) is 7.27. The molecule has 4 saturated heterocycles. The summed E-state index contributed by atoms with van der Waals surface area (Å²) in [6, 6.07) is 2.04. The van der Waals surface area contributed by atoms with E-state index in [2.05, 4.69) is 16.7 Å². The molecule has 2 bridgehead atoms. The zero-order chi connectivity index (χ0) is 14.4. The SMILES string of the molecule is CCN1CC2C3CCN(CC3)C2C1CC(N)C1CCCC1. The summed E-state index contributed by atoms with van der Waals surface area (Å²) in [7, 11) is 0. The van der Waals surface area contributed by atoms with Gasteiger partial charge in [-0.15, -0.1) is 0 Å². The average Bonchev–Trinajstić information content (AvgIpc) is 3.17. The summed E-state index contributed by atoms with van der Waals surface area (Å²) in [5.74, 6) is 2.79. The van der Waals surface area contributed by atoms with Crippen molar-refractivity contribution in [3.05, 3.63) is 0 Å². The molecule has 0 aromatic rings. The van der Waals surface area contributed by atoms with E-state index in [9.17, 15) is 0 Å². The number of rotatable bonds is 4. The molecule has 3 heteroatoms. The lowest BCUT2D eigenvalue weighted by Gasteiger charge is -2.50. The topological polar surface area (TPSA) is 32.5 Å². The maximum absolute atomic E-state index is 6.65. The fraction of sp³-hybridized carbons (Fsp3) is 1.00. The van der Waals surface area contributed by atoms with Gasteiger partial charge in [0.1, 0.15) is 0 Å². The molecule has 1 aliphatic carbocycles. The third-order valence-electron chi connectivity index (χ3n) is 7.27. The number of hydrogen-bond donors (Lipinski definition) is 1. The number of likely N-dealkylation sites (N-methyl/N-ethyl adjacent to an activating group) is 1. The van der Waals surface area contributed by atoms with Gasteiger partial charge >= 0.3 is 0 Å². The van der Waals surface area contributed by atoms with E-state index < -0.39 is 0 Å². The van der Waals surface area contributed by atoms with Crippen LogP contribution in [0.2, 0.25) is 0 Å². The van der Waals surface area contributed by atoms with Crippen LogP contribution < -0.4 is 5.73 Å². The minimum atomic E-state index is 0.451. The Hall–Kier alpha value is -0.120. The first kappa shape index (κ1) is 14.5. The molecule has 21 heavy (non-hydrogen) atoms. The van der Waals surface area contributed by atoms with Crippen LogP contribution >= 0.6 is 0 Å². The maximum atomic E-state index is 6.65. The van der Waals surface area contributed by atoms with Gasteiger partial charge in [0.05, 0.1) is 0 Å². The lowest BCUT2D eigenvalue weighted by atomic mass is 9.73. The highest BCUT2D eigenvalue weighted by Crippen LogP contribution is 2.45.